The van der Waals surface area contributed by atoms with Crippen molar-refractivity contribution in [3.63, 3.8) is 0 Å². The number of hydrogen-bond donors (Lipinski definition) is 1. The smallest absolute Gasteiger partial charge is 0.409 e. The van der Waals surface area contributed by atoms with Crippen LogP contribution in [0.2, 0.25) is 0 Å². The van der Waals surface area contributed by atoms with Gasteiger partial charge in [0.25, 0.3) is 0 Å². The molecule has 3 rings (SSSR count). The third kappa shape index (κ3) is 2.07. The van der Waals surface area contributed by atoms with Gasteiger partial charge >= 0.3 is 6.09 Å². The van der Waals surface area contributed by atoms with Crippen LogP contribution in [-0.4, -0.2) is 41.2 Å². The maximum atomic E-state index is 11.4. The molecule has 0 atom stereocenters. The van der Waals surface area contributed by atoms with Crippen molar-refractivity contribution in [3.05, 3.63) is 36.2 Å². The molecular formula is C14H15N3O2. The first-order chi connectivity index (χ1) is 9.29. The van der Waals surface area contributed by atoms with Gasteiger partial charge in [0.15, 0.2) is 0 Å². The van der Waals surface area contributed by atoms with E-state index in [-0.39, 0.29) is 6.09 Å². The summed E-state index contributed by atoms with van der Waals surface area (Å²) in [5.74, 6) is 0. The van der Waals surface area contributed by atoms with Crippen LogP contribution in [0.1, 0.15) is 12.0 Å². The minimum atomic E-state index is -0.271. The number of nitrogens with one attached hydrogen (secondary N) is 1. The van der Waals surface area contributed by atoms with Gasteiger partial charge in [-0.15, -0.1) is 0 Å². The topological polar surface area (TPSA) is 58.2 Å². The maximum Gasteiger partial charge on any atom is 0.409 e. The van der Waals surface area contributed by atoms with Crippen molar-refractivity contribution < 1.29 is 9.53 Å². The highest BCUT2D eigenvalue weighted by Crippen LogP contribution is 2.27. The lowest BCUT2D eigenvalue weighted by Crippen LogP contribution is -2.34. The zero-order valence-corrected chi connectivity index (χ0v) is 10.7. The zero-order valence-electron chi connectivity index (χ0n) is 10.7. The second kappa shape index (κ2) is 4.76. The first-order valence-electron chi connectivity index (χ1n) is 6.24. The second-order valence-electron chi connectivity index (χ2n) is 4.50. The number of fused-ring (bicyclic) bond motifs is 1. The van der Waals surface area contributed by atoms with Crippen LogP contribution < -0.4 is 0 Å². The highest BCUT2D eigenvalue weighted by molar-refractivity contribution is 5.89. The molecule has 1 amide bonds. The first-order valence-corrected chi connectivity index (χ1v) is 6.24. The van der Waals surface area contributed by atoms with Gasteiger partial charge in [0, 0.05) is 31.0 Å². The molecule has 0 aromatic carbocycles. The molecule has 0 saturated heterocycles. The molecule has 0 bridgehead atoms. The third-order valence-electron chi connectivity index (χ3n) is 3.42. The minimum Gasteiger partial charge on any atom is -0.453 e. The van der Waals surface area contributed by atoms with Crippen LogP contribution in [0, 0.1) is 0 Å². The van der Waals surface area contributed by atoms with E-state index in [4.69, 9.17) is 4.74 Å². The number of carbonyl (C=O) groups is 1. The van der Waals surface area contributed by atoms with Gasteiger partial charge in [-0.25, -0.2) is 4.79 Å². The van der Waals surface area contributed by atoms with Crippen molar-refractivity contribution >= 4 is 22.7 Å². The van der Waals surface area contributed by atoms with Crippen LogP contribution in [0.4, 0.5) is 4.79 Å². The highest BCUT2D eigenvalue weighted by atomic mass is 16.5. The summed E-state index contributed by atoms with van der Waals surface area (Å²) in [5.41, 5.74) is 4.37. The number of nitrogens with zero attached hydrogens (tertiary/aromatic N) is 2. The SMILES string of the molecule is COC(=O)N1CC=C(c2c[nH]c3cccnc23)CC1. The monoisotopic (exact) mass is 257 g/mol. The van der Waals surface area contributed by atoms with E-state index in [9.17, 15) is 4.79 Å². The lowest BCUT2D eigenvalue weighted by atomic mass is 10.0. The number of ether oxygens (including phenoxy) is 1. The largest absolute Gasteiger partial charge is 0.453 e. The maximum absolute atomic E-state index is 11.4. The standard InChI is InChI=1S/C14H15N3O2/c1-19-14(18)17-7-4-10(5-8-17)11-9-16-12-3-2-6-15-13(11)12/h2-4,6,9,16H,5,7-8H2,1H3. The Hall–Kier alpha value is -2.30. The highest BCUT2D eigenvalue weighted by Gasteiger charge is 2.19. The van der Waals surface area contributed by atoms with Crippen LogP contribution in [0.25, 0.3) is 16.6 Å². The second-order valence-corrected chi connectivity index (χ2v) is 4.50. The molecule has 0 unspecified atom stereocenters. The average molecular weight is 257 g/mol. The summed E-state index contributed by atoms with van der Waals surface area (Å²) in [6, 6.07) is 3.92. The van der Waals surface area contributed by atoms with Gasteiger partial charge in [-0.05, 0) is 24.1 Å². The predicted octanol–water partition coefficient (Wildman–Crippen LogP) is 2.42. The van der Waals surface area contributed by atoms with Crippen molar-refractivity contribution in [1.82, 2.24) is 14.9 Å². The third-order valence-corrected chi connectivity index (χ3v) is 3.42. The number of hydrogen-bond acceptors (Lipinski definition) is 3. The molecular weight excluding hydrogens is 242 g/mol. The molecule has 0 saturated carbocycles. The van der Waals surface area contributed by atoms with Gasteiger partial charge in [-0.2, -0.15) is 0 Å². The molecule has 5 heteroatoms. The normalized spacial score (nSPS) is 15.4. The van der Waals surface area contributed by atoms with E-state index < -0.39 is 0 Å². The molecule has 0 spiro atoms. The molecule has 0 aliphatic carbocycles. The van der Waals surface area contributed by atoms with Crippen molar-refractivity contribution in [2.24, 2.45) is 0 Å². The summed E-state index contributed by atoms with van der Waals surface area (Å²) >= 11 is 0. The molecule has 0 fully saturated rings. The summed E-state index contributed by atoms with van der Waals surface area (Å²) in [4.78, 5) is 20.7. The van der Waals surface area contributed by atoms with Gasteiger partial charge in [0.1, 0.15) is 0 Å². The average Bonchev–Trinajstić information content (AvgIpc) is 2.90. The summed E-state index contributed by atoms with van der Waals surface area (Å²) in [6.07, 6.45) is 6.39. The van der Waals surface area contributed by atoms with Gasteiger partial charge in [0.05, 0.1) is 18.1 Å². The van der Waals surface area contributed by atoms with Crippen LogP contribution in [-0.2, 0) is 4.74 Å². The van der Waals surface area contributed by atoms with E-state index in [2.05, 4.69) is 16.0 Å². The van der Waals surface area contributed by atoms with Gasteiger partial charge in [-0.3, -0.25) is 4.98 Å². The Bertz CT molecular complexity index is 645. The fourth-order valence-electron chi connectivity index (χ4n) is 2.41. The molecule has 2 aromatic heterocycles. The summed E-state index contributed by atoms with van der Waals surface area (Å²) < 4.78 is 4.73. The molecule has 19 heavy (non-hydrogen) atoms. The van der Waals surface area contributed by atoms with Crippen molar-refractivity contribution in [1.29, 1.82) is 0 Å². The van der Waals surface area contributed by atoms with Crippen molar-refractivity contribution in [2.75, 3.05) is 20.2 Å². The number of aromatic amines is 1. The van der Waals surface area contributed by atoms with E-state index in [0.29, 0.717) is 13.1 Å². The van der Waals surface area contributed by atoms with Crippen molar-refractivity contribution in [3.8, 4) is 0 Å². The molecule has 0 radical (unpaired) electrons. The fourth-order valence-corrected chi connectivity index (χ4v) is 2.41. The number of H-pyrrole nitrogens is 1. The Balaban J connectivity index is 1.88. The zero-order chi connectivity index (χ0) is 13.2. The van der Waals surface area contributed by atoms with Crippen molar-refractivity contribution in [2.45, 2.75) is 6.42 Å². The molecule has 1 N–H and O–H groups in total. The summed E-state index contributed by atoms with van der Waals surface area (Å²) in [6.45, 7) is 1.26. The van der Waals surface area contributed by atoms with E-state index in [1.807, 2.05) is 18.3 Å². The molecule has 1 aliphatic rings. The Morgan fingerprint density at radius 1 is 1.53 bits per heavy atom. The molecule has 98 valence electrons. The molecule has 3 heterocycles. The Labute approximate surface area is 110 Å². The van der Waals surface area contributed by atoms with Crippen LogP contribution in [0.15, 0.2) is 30.6 Å². The Morgan fingerprint density at radius 3 is 3.16 bits per heavy atom. The van der Waals surface area contributed by atoms with Crippen LogP contribution >= 0.6 is 0 Å². The van der Waals surface area contributed by atoms with Gasteiger partial charge in [0.2, 0.25) is 0 Å². The van der Waals surface area contributed by atoms with Gasteiger partial charge in [-0.1, -0.05) is 6.08 Å². The van der Waals surface area contributed by atoms with E-state index in [1.165, 1.54) is 12.7 Å². The number of rotatable bonds is 1. The quantitative estimate of drug-likeness (QED) is 0.853. The van der Waals surface area contributed by atoms with Crippen LogP contribution in [0.5, 0.6) is 0 Å². The number of carbonyl (C=O) groups excluding carboxylic acids is 1. The number of pyridine rings is 1. The van der Waals surface area contributed by atoms with E-state index >= 15 is 0 Å². The molecule has 5 nitrogen and oxygen atoms in total. The first kappa shape index (κ1) is 11.8. The van der Waals surface area contributed by atoms with E-state index in [1.54, 1.807) is 11.1 Å². The Kier molecular flexibility index (Phi) is 2.95. The summed E-state index contributed by atoms with van der Waals surface area (Å²) in [5, 5.41) is 0. The lowest BCUT2D eigenvalue weighted by molar-refractivity contribution is 0.128. The predicted molar refractivity (Wildman–Crippen MR) is 72.7 cm³/mol. The number of aromatic nitrogens is 2. The Morgan fingerprint density at radius 2 is 2.42 bits per heavy atom. The number of amides is 1. The fraction of sp³-hybridized carbons (Fsp3) is 0.286. The van der Waals surface area contributed by atoms with Gasteiger partial charge < -0.3 is 14.6 Å². The molecule has 1 aliphatic heterocycles. The van der Waals surface area contributed by atoms with E-state index in [0.717, 1.165) is 23.0 Å². The number of methoxy groups -OCH3 is 1. The lowest BCUT2D eigenvalue weighted by Gasteiger charge is -2.24. The molecule has 2 aromatic rings. The minimum absolute atomic E-state index is 0.271. The summed E-state index contributed by atoms with van der Waals surface area (Å²) in [7, 11) is 1.41. The van der Waals surface area contributed by atoms with Crippen LogP contribution in [0.3, 0.4) is 0 Å².